The van der Waals surface area contributed by atoms with E-state index >= 15 is 0 Å². The first-order valence-corrected chi connectivity index (χ1v) is 7.17. The molecule has 3 heteroatoms. The smallest absolute Gasteiger partial charge is 0.131 e. The van der Waals surface area contributed by atoms with Crippen LogP contribution >= 0.6 is 0 Å². The first kappa shape index (κ1) is 11.5. The lowest BCUT2D eigenvalue weighted by molar-refractivity contribution is 0.527. The number of rotatable bonds is 1. The molecule has 100 valence electrons. The van der Waals surface area contributed by atoms with Gasteiger partial charge in [0.05, 0.1) is 0 Å². The molecule has 0 spiro atoms. The zero-order valence-corrected chi connectivity index (χ0v) is 11.3. The summed E-state index contributed by atoms with van der Waals surface area (Å²) in [7, 11) is 0. The van der Waals surface area contributed by atoms with Gasteiger partial charge in [-0.25, -0.2) is 4.98 Å². The molecule has 1 aliphatic rings. The Morgan fingerprint density at radius 3 is 2.75 bits per heavy atom. The number of aryl methyl sites for hydroxylation is 1. The molecule has 0 unspecified atom stereocenters. The number of nitrogens with zero attached hydrogens (tertiary/aromatic N) is 2. The lowest BCUT2D eigenvalue weighted by Crippen LogP contribution is -2.12. The van der Waals surface area contributed by atoms with Crippen LogP contribution in [0, 0.1) is 0 Å². The fraction of sp³-hybridized carbons (Fsp3) is 0.235. The Morgan fingerprint density at radius 2 is 1.85 bits per heavy atom. The van der Waals surface area contributed by atoms with Gasteiger partial charge in [-0.05, 0) is 23.6 Å². The van der Waals surface area contributed by atoms with Crippen molar-refractivity contribution in [1.29, 1.82) is 0 Å². The summed E-state index contributed by atoms with van der Waals surface area (Å²) < 4.78 is 2.18. The summed E-state index contributed by atoms with van der Waals surface area (Å²) in [4.78, 5) is 4.81. The maximum atomic E-state index is 6.35. The van der Waals surface area contributed by atoms with E-state index < -0.39 is 0 Å². The SMILES string of the molecule is Nc1c(-c2cccc3ccccc23)nc2n1CCCC2. The number of benzene rings is 2. The number of hydrogen-bond donors (Lipinski definition) is 1. The number of anilines is 1. The van der Waals surface area contributed by atoms with E-state index in [1.54, 1.807) is 0 Å². The Hall–Kier alpha value is -2.29. The summed E-state index contributed by atoms with van der Waals surface area (Å²) in [5, 5.41) is 2.45. The van der Waals surface area contributed by atoms with Gasteiger partial charge in [-0.3, -0.25) is 0 Å². The van der Waals surface area contributed by atoms with Crippen molar-refractivity contribution < 1.29 is 0 Å². The molecule has 0 atom stereocenters. The number of hydrogen-bond acceptors (Lipinski definition) is 2. The predicted octanol–water partition coefficient (Wildman–Crippen LogP) is 3.62. The van der Waals surface area contributed by atoms with Crippen molar-refractivity contribution in [2.75, 3.05) is 5.73 Å². The highest BCUT2D eigenvalue weighted by atomic mass is 15.1. The van der Waals surface area contributed by atoms with Crippen LogP contribution in [0.15, 0.2) is 42.5 Å². The molecule has 1 aromatic heterocycles. The van der Waals surface area contributed by atoms with Crippen molar-refractivity contribution in [3.8, 4) is 11.3 Å². The van der Waals surface area contributed by atoms with Crippen LogP contribution in [0.1, 0.15) is 18.7 Å². The Morgan fingerprint density at radius 1 is 1.00 bits per heavy atom. The highest BCUT2D eigenvalue weighted by molar-refractivity contribution is 5.97. The van der Waals surface area contributed by atoms with Crippen molar-refractivity contribution >= 4 is 16.6 Å². The second-order valence-corrected chi connectivity index (χ2v) is 5.40. The Labute approximate surface area is 118 Å². The summed E-state index contributed by atoms with van der Waals surface area (Å²) in [6.45, 7) is 0.999. The summed E-state index contributed by atoms with van der Waals surface area (Å²) in [5.41, 5.74) is 8.43. The molecule has 3 aromatic rings. The van der Waals surface area contributed by atoms with Crippen molar-refractivity contribution in [2.24, 2.45) is 0 Å². The van der Waals surface area contributed by atoms with Crippen LogP contribution in [0.3, 0.4) is 0 Å². The quantitative estimate of drug-likeness (QED) is 0.728. The molecular formula is C17H17N3. The summed E-state index contributed by atoms with van der Waals surface area (Å²) >= 11 is 0. The summed E-state index contributed by atoms with van der Waals surface area (Å²) in [5.74, 6) is 1.95. The van der Waals surface area contributed by atoms with Crippen molar-refractivity contribution in [3.05, 3.63) is 48.3 Å². The van der Waals surface area contributed by atoms with Crippen LogP contribution in [0.5, 0.6) is 0 Å². The molecule has 2 N–H and O–H groups in total. The van der Waals surface area contributed by atoms with E-state index in [1.807, 2.05) is 0 Å². The normalized spacial score (nSPS) is 14.4. The van der Waals surface area contributed by atoms with Gasteiger partial charge >= 0.3 is 0 Å². The predicted molar refractivity (Wildman–Crippen MR) is 82.5 cm³/mol. The van der Waals surface area contributed by atoms with Gasteiger partial charge in [-0.1, -0.05) is 42.5 Å². The summed E-state index contributed by atoms with van der Waals surface area (Å²) in [6.07, 6.45) is 3.45. The lowest BCUT2D eigenvalue weighted by Gasteiger charge is -2.14. The number of imidazole rings is 1. The zero-order valence-electron chi connectivity index (χ0n) is 11.3. The van der Waals surface area contributed by atoms with E-state index in [2.05, 4.69) is 47.0 Å². The van der Waals surface area contributed by atoms with Crippen LogP contribution in [-0.4, -0.2) is 9.55 Å². The molecule has 0 bridgehead atoms. The summed E-state index contributed by atoms with van der Waals surface area (Å²) in [6, 6.07) is 14.7. The molecule has 20 heavy (non-hydrogen) atoms. The molecule has 2 heterocycles. The zero-order chi connectivity index (χ0) is 13.5. The molecule has 4 rings (SSSR count). The number of fused-ring (bicyclic) bond motifs is 2. The third-order valence-electron chi connectivity index (χ3n) is 4.16. The van der Waals surface area contributed by atoms with Crippen LogP contribution in [0.25, 0.3) is 22.0 Å². The minimum atomic E-state index is 0.816. The first-order valence-electron chi connectivity index (χ1n) is 7.17. The Bertz CT molecular complexity index is 781. The molecular weight excluding hydrogens is 246 g/mol. The van der Waals surface area contributed by atoms with Gasteiger partial charge in [-0.2, -0.15) is 0 Å². The monoisotopic (exact) mass is 263 g/mol. The van der Waals surface area contributed by atoms with Crippen LogP contribution in [0.2, 0.25) is 0 Å². The highest BCUT2D eigenvalue weighted by Crippen LogP contribution is 2.33. The van der Waals surface area contributed by atoms with Crippen molar-refractivity contribution in [3.63, 3.8) is 0 Å². The lowest BCUT2D eigenvalue weighted by atomic mass is 10.0. The first-order chi connectivity index (χ1) is 9.84. The fourth-order valence-electron chi connectivity index (χ4n) is 3.14. The maximum absolute atomic E-state index is 6.35. The molecule has 2 aromatic carbocycles. The van der Waals surface area contributed by atoms with E-state index in [0.717, 1.165) is 35.9 Å². The molecule has 1 aliphatic heterocycles. The standard InChI is InChI=1S/C17H17N3/c18-17-16(19-15-10-3-4-11-20(15)17)14-9-5-7-12-6-1-2-8-13(12)14/h1-2,5-9H,3-4,10-11,18H2. The van der Waals surface area contributed by atoms with Gasteiger partial charge in [0.15, 0.2) is 0 Å². The number of nitrogens with two attached hydrogens (primary N) is 1. The van der Waals surface area contributed by atoms with E-state index in [1.165, 1.54) is 23.6 Å². The third-order valence-corrected chi connectivity index (χ3v) is 4.16. The molecule has 0 aliphatic carbocycles. The minimum absolute atomic E-state index is 0.816. The van der Waals surface area contributed by atoms with E-state index in [9.17, 15) is 0 Å². The van der Waals surface area contributed by atoms with Crippen molar-refractivity contribution in [2.45, 2.75) is 25.8 Å². The highest BCUT2D eigenvalue weighted by Gasteiger charge is 2.19. The third kappa shape index (κ3) is 1.63. The van der Waals surface area contributed by atoms with Crippen LogP contribution in [-0.2, 0) is 13.0 Å². The van der Waals surface area contributed by atoms with Gasteiger partial charge in [0, 0.05) is 18.5 Å². The second-order valence-electron chi connectivity index (χ2n) is 5.40. The maximum Gasteiger partial charge on any atom is 0.131 e. The average Bonchev–Trinajstić information content (AvgIpc) is 2.84. The fourth-order valence-corrected chi connectivity index (χ4v) is 3.14. The van der Waals surface area contributed by atoms with Crippen LogP contribution < -0.4 is 5.73 Å². The molecule has 3 nitrogen and oxygen atoms in total. The average molecular weight is 263 g/mol. The molecule has 0 saturated carbocycles. The van der Waals surface area contributed by atoms with Gasteiger partial charge in [-0.15, -0.1) is 0 Å². The van der Waals surface area contributed by atoms with Gasteiger partial charge in [0.2, 0.25) is 0 Å². The second kappa shape index (κ2) is 4.37. The van der Waals surface area contributed by atoms with Gasteiger partial charge < -0.3 is 10.3 Å². The number of aromatic nitrogens is 2. The minimum Gasteiger partial charge on any atom is -0.383 e. The van der Waals surface area contributed by atoms with Gasteiger partial charge in [0.1, 0.15) is 17.3 Å². The molecule has 0 saturated heterocycles. The Balaban J connectivity index is 1.98. The van der Waals surface area contributed by atoms with E-state index in [0.29, 0.717) is 0 Å². The Kier molecular flexibility index (Phi) is 2.52. The number of nitrogen functional groups attached to an aromatic ring is 1. The molecule has 0 fully saturated rings. The van der Waals surface area contributed by atoms with Gasteiger partial charge in [0.25, 0.3) is 0 Å². The van der Waals surface area contributed by atoms with Crippen LogP contribution in [0.4, 0.5) is 5.82 Å². The molecule has 0 radical (unpaired) electrons. The largest absolute Gasteiger partial charge is 0.383 e. The molecule has 0 amide bonds. The topological polar surface area (TPSA) is 43.8 Å². The van der Waals surface area contributed by atoms with E-state index in [-0.39, 0.29) is 0 Å². The van der Waals surface area contributed by atoms with Crippen molar-refractivity contribution in [1.82, 2.24) is 9.55 Å². The van der Waals surface area contributed by atoms with E-state index in [4.69, 9.17) is 10.7 Å².